The maximum Gasteiger partial charge on any atom is 0.0902 e. The zero-order valence-electron chi connectivity index (χ0n) is 8.47. The summed E-state index contributed by atoms with van der Waals surface area (Å²) in [5, 5.41) is 3.19. The molecule has 3 heteroatoms. The smallest absolute Gasteiger partial charge is 0.0902 e. The number of nitrogens with one attached hydrogen (secondary N) is 1. The average molecular weight is 182 g/mol. The Labute approximate surface area is 80.4 Å². The fraction of sp³-hybridized carbons (Fsp3) is 0.800. The van der Waals surface area contributed by atoms with Crippen molar-refractivity contribution < 1.29 is 4.74 Å². The monoisotopic (exact) mass is 182 g/mol. The van der Waals surface area contributed by atoms with E-state index in [1.807, 2.05) is 7.05 Å². The number of terminal acetylenes is 1. The van der Waals surface area contributed by atoms with Gasteiger partial charge in [-0.2, -0.15) is 0 Å². The van der Waals surface area contributed by atoms with Crippen LogP contribution in [0.25, 0.3) is 0 Å². The van der Waals surface area contributed by atoms with Gasteiger partial charge in [-0.25, -0.2) is 0 Å². The van der Waals surface area contributed by atoms with E-state index in [0.29, 0.717) is 6.54 Å². The fourth-order valence-corrected chi connectivity index (χ4v) is 1.26. The van der Waals surface area contributed by atoms with Crippen LogP contribution in [0.15, 0.2) is 0 Å². The molecular weight excluding hydrogens is 164 g/mol. The second kappa shape index (κ2) is 4.61. The lowest BCUT2D eigenvalue weighted by Gasteiger charge is -2.39. The average Bonchev–Trinajstić information content (AvgIpc) is 2.02. The number of likely N-dealkylation sites (N-methyl/N-ethyl adjacent to an activating group) is 1. The van der Waals surface area contributed by atoms with E-state index < -0.39 is 0 Å². The molecule has 0 amide bonds. The number of rotatable bonds is 5. The topological polar surface area (TPSA) is 24.5 Å². The van der Waals surface area contributed by atoms with Crippen molar-refractivity contribution in [2.45, 2.75) is 12.5 Å². The molecule has 0 aromatic heterocycles. The lowest BCUT2D eigenvalue weighted by Crippen LogP contribution is -2.59. The number of ether oxygens (including phenoxy) is 1. The van der Waals surface area contributed by atoms with Gasteiger partial charge in [-0.15, -0.1) is 6.42 Å². The second-order valence-electron chi connectivity index (χ2n) is 3.84. The normalized spacial score (nSPS) is 19.5. The molecule has 0 radical (unpaired) electrons. The number of nitrogens with zero attached hydrogens (tertiary/aromatic N) is 1. The van der Waals surface area contributed by atoms with Gasteiger partial charge in [-0.05, 0) is 14.0 Å². The van der Waals surface area contributed by atoms with Gasteiger partial charge >= 0.3 is 0 Å². The Kier molecular flexibility index (Phi) is 3.73. The van der Waals surface area contributed by atoms with Crippen LogP contribution in [-0.2, 0) is 4.74 Å². The highest BCUT2D eigenvalue weighted by molar-refractivity contribution is 4.90. The first-order valence-electron chi connectivity index (χ1n) is 4.63. The molecule has 1 rings (SSSR count). The van der Waals surface area contributed by atoms with E-state index in [1.165, 1.54) is 0 Å². The van der Waals surface area contributed by atoms with Gasteiger partial charge in [-0.3, -0.25) is 4.90 Å². The van der Waals surface area contributed by atoms with Crippen molar-refractivity contribution in [1.82, 2.24) is 10.2 Å². The first-order valence-corrected chi connectivity index (χ1v) is 4.63. The number of hydrogen-bond donors (Lipinski definition) is 1. The molecule has 0 spiro atoms. The molecule has 1 fully saturated rings. The number of hydrogen-bond acceptors (Lipinski definition) is 3. The van der Waals surface area contributed by atoms with Gasteiger partial charge < -0.3 is 10.1 Å². The van der Waals surface area contributed by atoms with Crippen LogP contribution >= 0.6 is 0 Å². The maximum atomic E-state index is 5.71. The largest absolute Gasteiger partial charge is 0.371 e. The Morgan fingerprint density at radius 1 is 1.62 bits per heavy atom. The van der Waals surface area contributed by atoms with Gasteiger partial charge in [0, 0.05) is 19.6 Å². The van der Waals surface area contributed by atoms with Crippen LogP contribution < -0.4 is 5.32 Å². The predicted octanol–water partition coefficient (Wildman–Crippen LogP) is -0.0701. The Hall–Kier alpha value is -0.560. The minimum Gasteiger partial charge on any atom is -0.371 e. The summed E-state index contributed by atoms with van der Waals surface area (Å²) in [7, 11) is 2.00. The first kappa shape index (κ1) is 10.5. The van der Waals surface area contributed by atoms with Crippen molar-refractivity contribution in [2.24, 2.45) is 0 Å². The summed E-state index contributed by atoms with van der Waals surface area (Å²) in [6.45, 7) is 6.41. The van der Waals surface area contributed by atoms with E-state index in [9.17, 15) is 0 Å². The van der Waals surface area contributed by atoms with E-state index in [-0.39, 0.29) is 5.60 Å². The fourth-order valence-electron chi connectivity index (χ4n) is 1.26. The van der Waals surface area contributed by atoms with Crippen molar-refractivity contribution >= 4 is 0 Å². The van der Waals surface area contributed by atoms with Crippen molar-refractivity contribution in [3.05, 3.63) is 0 Å². The van der Waals surface area contributed by atoms with Crippen LogP contribution in [0.5, 0.6) is 0 Å². The van der Waals surface area contributed by atoms with Gasteiger partial charge in [-0.1, -0.05) is 5.92 Å². The molecule has 74 valence electrons. The molecule has 13 heavy (non-hydrogen) atoms. The molecule has 0 bridgehead atoms. The lowest BCUT2D eigenvalue weighted by atomic mass is 10.0. The molecule has 0 saturated carbocycles. The van der Waals surface area contributed by atoms with Gasteiger partial charge in [0.2, 0.25) is 0 Å². The van der Waals surface area contributed by atoms with Crippen LogP contribution in [0, 0.1) is 12.3 Å². The standard InChI is InChI=1S/C10H18N2O/c1-4-5-12(3)6-7-13-10(2)8-11-9-10/h1,11H,5-9H2,2-3H3. The second-order valence-corrected chi connectivity index (χ2v) is 3.84. The summed E-state index contributed by atoms with van der Waals surface area (Å²) < 4.78 is 5.71. The minimum absolute atomic E-state index is 0.0665. The summed E-state index contributed by atoms with van der Waals surface area (Å²) in [4.78, 5) is 2.08. The zero-order valence-corrected chi connectivity index (χ0v) is 8.47. The summed E-state index contributed by atoms with van der Waals surface area (Å²) in [5.41, 5.74) is 0.0665. The molecule has 0 aromatic carbocycles. The highest BCUT2D eigenvalue weighted by atomic mass is 16.5. The molecule has 3 nitrogen and oxygen atoms in total. The van der Waals surface area contributed by atoms with E-state index in [0.717, 1.165) is 26.2 Å². The molecule has 1 saturated heterocycles. The quantitative estimate of drug-likeness (QED) is 0.602. The Morgan fingerprint density at radius 2 is 2.31 bits per heavy atom. The van der Waals surface area contributed by atoms with E-state index in [4.69, 9.17) is 11.2 Å². The maximum absolute atomic E-state index is 5.71. The Balaban J connectivity index is 2.03. The predicted molar refractivity (Wildman–Crippen MR) is 53.6 cm³/mol. The van der Waals surface area contributed by atoms with Crippen LogP contribution in [0.1, 0.15) is 6.92 Å². The molecule has 0 aliphatic carbocycles. The third kappa shape index (κ3) is 3.35. The van der Waals surface area contributed by atoms with Gasteiger partial charge in [0.25, 0.3) is 0 Å². The van der Waals surface area contributed by atoms with Crippen LogP contribution in [0.3, 0.4) is 0 Å². The third-order valence-electron chi connectivity index (χ3n) is 2.28. The SMILES string of the molecule is C#CCN(C)CCOC1(C)CNC1. The van der Waals surface area contributed by atoms with Gasteiger partial charge in [0.1, 0.15) is 0 Å². The van der Waals surface area contributed by atoms with E-state index in [2.05, 4.69) is 23.1 Å². The van der Waals surface area contributed by atoms with E-state index in [1.54, 1.807) is 0 Å². The van der Waals surface area contributed by atoms with Crippen molar-refractivity contribution in [1.29, 1.82) is 0 Å². The highest BCUT2D eigenvalue weighted by Gasteiger charge is 2.32. The summed E-state index contributed by atoms with van der Waals surface area (Å²) in [6.07, 6.45) is 5.18. The summed E-state index contributed by atoms with van der Waals surface area (Å²) in [5.74, 6) is 2.60. The van der Waals surface area contributed by atoms with Crippen LogP contribution in [-0.4, -0.2) is 50.3 Å². The van der Waals surface area contributed by atoms with Crippen molar-refractivity contribution in [3.8, 4) is 12.3 Å². The van der Waals surface area contributed by atoms with Crippen LogP contribution in [0.2, 0.25) is 0 Å². The molecule has 0 aromatic rings. The molecule has 0 atom stereocenters. The Bertz CT molecular complexity index is 194. The summed E-state index contributed by atoms with van der Waals surface area (Å²) >= 11 is 0. The summed E-state index contributed by atoms with van der Waals surface area (Å²) in [6, 6.07) is 0. The molecular formula is C10H18N2O. The molecule has 1 heterocycles. The van der Waals surface area contributed by atoms with E-state index >= 15 is 0 Å². The van der Waals surface area contributed by atoms with Gasteiger partial charge in [0.15, 0.2) is 0 Å². The zero-order chi connectivity index (χ0) is 9.73. The lowest BCUT2D eigenvalue weighted by molar-refractivity contribution is -0.0703. The molecule has 1 N–H and O–H groups in total. The first-order chi connectivity index (χ1) is 6.16. The molecule has 1 aliphatic rings. The van der Waals surface area contributed by atoms with Gasteiger partial charge in [0.05, 0.1) is 18.8 Å². The molecule has 1 aliphatic heterocycles. The van der Waals surface area contributed by atoms with Crippen LogP contribution in [0.4, 0.5) is 0 Å². The molecule has 0 unspecified atom stereocenters. The van der Waals surface area contributed by atoms with Crippen molar-refractivity contribution in [2.75, 3.05) is 39.8 Å². The minimum atomic E-state index is 0.0665. The highest BCUT2D eigenvalue weighted by Crippen LogP contribution is 2.14. The van der Waals surface area contributed by atoms with Crippen molar-refractivity contribution in [3.63, 3.8) is 0 Å². The Morgan fingerprint density at radius 3 is 2.77 bits per heavy atom. The third-order valence-corrected chi connectivity index (χ3v) is 2.28.